The minimum atomic E-state index is -1.50. The lowest BCUT2D eigenvalue weighted by atomic mass is 10.0. The van der Waals surface area contributed by atoms with Crippen LogP contribution in [0.4, 0.5) is 0 Å². The van der Waals surface area contributed by atoms with Gasteiger partial charge in [-0.15, -0.1) is 0 Å². The molecule has 0 radical (unpaired) electrons. The van der Waals surface area contributed by atoms with E-state index in [0.717, 1.165) is 6.42 Å². The highest BCUT2D eigenvalue weighted by Gasteiger charge is 2.32. The van der Waals surface area contributed by atoms with Crippen molar-refractivity contribution in [2.24, 2.45) is 11.7 Å². The fourth-order valence-electron chi connectivity index (χ4n) is 3.56. The van der Waals surface area contributed by atoms with Gasteiger partial charge in [0.2, 0.25) is 17.7 Å². The highest BCUT2D eigenvalue weighted by atomic mass is 16.4. The van der Waals surface area contributed by atoms with Crippen molar-refractivity contribution in [2.45, 2.75) is 83.0 Å². The molecule has 188 valence electrons. The highest BCUT2D eigenvalue weighted by molar-refractivity contribution is 5.95. The Hall–Kier alpha value is -2.73. The van der Waals surface area contributed by atoms with Gasteiger partial charge in [-0.2, -0.15) is 0 Å². The first-order valence-electron chi connectivity index (χ1n) is 11.3. The lowest BCUT2D eigenvalue weighted by Crippen LogP contribution is -2.57. The molecule has 1 rings (SSSR count). The fourth-order valence-corrected chi connectivity index (χ4v) is 3.56. The van der Waals surface area contributed by atoms with Crippen LogP contribution in [0.2, 0.25) is 0 Å². The van der Waals surface area contributed by atoms with Crippen LogP contribution in [0.5, 0.6) is 0 Å². The number of aliphatic carboxylic acids is 2. The lowest BCUT2D eigenvalue weighted by Gasteiger charge is -2.25. The third-order valence-electron chi connectivity index (χ3n) is 5.29. The SMILES string of the molecule is CC(C)CC(NC(=O)C1CCCN1)C(=O)NC(CC(=O)O)C(=O)NC(CCCCN)C(=O)O. The molecule has 12 heteroatoms. The van der Waals surface area contributed by atoms with Crippen LogP contribution in [0.25, 0.3) is 0 Å². The van der Waals surface area contributed by atoms with E-state index >= 15 is 0 Å². The van der Waals surface area contributed by atoms with Crippen LogP contribution in [-0.4, -0.2) is 77.1 Å². The van der Waals surface area contributed by atoms with Crippen LogP contribution < -0.4 is 27.0 Å². The van der Waals surface area contributed by atoms with Gasteiger partial charge in [0.1, 0.15) is 18.1 Å². The standard InChI is InChI=1S/C21H37N5O7/c1-12(2)10-15(25-18(29)13-7-5-9-23-13)19(30)26-16(11-17(27)28)20(31)24-14(21(32)33)6-3-4-8-22/h12-16,23H,3-11,22H2,1-2H3,(H,24,31)(H,25,29)(H,26,30)(H,27,28)(H,32,33). The van der Waals surface area contributed by atoms with E-state index in [1.165, 1.54) is 0 Å². The summed E-state index contributed by atoms with van der Waals surface area (Å²) in [7, 11) is 0. The van der Waals surface area contributed by atoms with Gasteiger partial charge < -0.3 is 37.2 Å². The molecule has 0 aromatic rings. The second-order valence-electron chi connectivity index (χ2n) is 8.68. The molecule has 1 aliphatic rings. The number of nitrogens with one attached hydrogen (secondary N) is 4. The summed E-state index contributed by atoms with van der Waals surface area (Å²) in [5.41, 5.74) is 5.41. The first kappa shape index (κ1) is 28.3. The monoisotopic (exact) mass is 471 g/mol. The first-order valence-corrected chi connectivity index (χ1v) is 11.3. The van der Waals surface area contributed by atoms with Gasteiger partial charge in [0.05, 0.1) is 12.5 Å². The van der Waals surface area contributed by atoms with E-state index in [2.05, 4.69) is 21.3 Å². The van der Waals surface area contributed by atoms with Gasteiger partial charge in [0.25, 0.3) is 0 Å². The normalized spacial score (nSPS) is 18.2. The predicted octanol–water partition coefficient (Wildman–Crippen LogP) is -1.07. The summed E-state index contributed by atoms with van der Waals surface area (Å²) in [4.78, 5) is 60.8. The van der Waals surface area contributed by atoms with E-state index in [0.29, 0.717) is 32.4 Å². The zero-order valence-electron chi connectivity index (χ0n) is 19.3. The number of hydrogen-bond acceptors (Lipinski definition) is 7. The van der Waals surface area contributed by atoms with Crippen molar-refractivity contribution in [3.05, 3.63) is 0 Å². The number of unbranched alkanes of at least 4 members (excludes halogenated alkanes) is 1. The molecule has 1 heterocycles. The summed E-state index contributed by atoms with van der Waals surface area (Å²) >= 11 is 0. The number of carbonyl (C=O) groups is 5. The summed E-state index contributed by atoms with van der Waals surface area (Å²) in [5.74, 6) is -4.54. The summed E-state index contributed by atoms with van der Waals surface area (Å²) in [5, 5.41) is 29.0. The molecule has 1 aliphatic heterocycles. The molecule has 0 aromatic carbocycles. The van der Waals surface area contributed by atoms with Gasteiger partial charge in [0, 0.05) is 0 Å². The summed E-state index contributed by atoms with van der Waals surface area (Å²) < 4.78 is 0. The van der Waals surface area contributed by atoms with Crippen molar-refractivity contribution in [3.8, 4) is 0 Å². The van der Waals surface area contributed by atoms with E-state index in [9.17, 15) is 34.2 Å². The molecular weight excluding hydrogens is 434 g/mol. The van der Waals surface area contributed by atoms with Crippen molar-refractivity contribution in [1.82, 2.24) is 21.3 Å². The zero-order chi connectivity index (χ0) is 25.0. The van der Waals surface area contributed by atoms with E-state index in [1.54, 1.807) is 0 Å². The van der Waals surface area contributed by atoms with Crippen LogP contribution in [0, 0.1) is 5.92 Å². The highest BCUT2D eigenvalue weighted by Crippen LogP contribution is 2.10. The van der Waals surface area contributed by atoms with E-state index in [1.807, 2.05) is 13.8 Å². The number of nitrogens with two attached hydrogens (primary N) is 1. The molecule has 33 heavy (non-hydrogen) atoms. The number of carboxylic acids is 2. The van der Waals surface area contributed by atoms with Crippen molar-refractivity contribution in [3.63, 3.8) is 0 Å². The van der Waals surface area contributed by atoms with Crippen molar-refractivity contribution in [2.75, 3.05) is 13.1 Å². The largest absolute Gasteiger partial charge is 0.481 e. The Morgan fingerprint density at radius 2 is 1.61 bits per heavy atom. The van der Waals surface area contributed by atoms with Crippen LogP contribution in [0.1, 0.15) is 58.8 Å². The summed E-state index contributed by atoms with van der Waals surface area (Å²) in [6, 6.07) is -4.11. The Bertz CT molecular complexity index is 694. The number of carboxylic acid groups (broad SMARTS) is 2. The van der Waals surface area contributed by atoms with Crippen molar-refractivity contribution >= 4 is 29.7 Å². The average molecular weight is 472 g/mol. The van der Waals surface area contributed by atoms with Gasteiger partial charge in [-0.3, -0.25) is 19.2 Å². The minimum absolute atomic E-state index is 0.0308. The Morgan fingerprint density at radius 1 is 0.970 bits per heavy atom. The number of rotatable bonds is 15. The van der Waals surface area contributed by atoms with Crippen LogP contribution in [0.3, 0.4) is 0 Å². The molecule has 4 unspecified atom stereocenters. The molecular formula is C21H37N5O7. The summed E-state index contributed by atoms with van der Waals surface area (Å²) in [6.45, 7) is 4.80. The molecule has 12 nitrogen and oxygen atoms in total. The van der Waals surface area contributed by atoms with Gasteiger partial charge in [-0.1, -0.05) is 13.8 Å². The van der Waals surface area contributed by atoms with E-state index < -0.39 is 54.3 Å². The number of hydrogen-bond donors (Lipinski definition) is 7. The quantitative estimate of drug-likeness (QED) is 0.145. The molecule has 4 atom stereocenters. The molecule has 0 spiro atoms. The fraction of sp³-hybridized carbons (Fsp3) is 0.762. The number of carbonyl (C=O) groups excluding carboxylic acids is 3. The topological polar surface area (TPSA) is 200 Å². The van der Waals surface area contributed by atoms with Gasteiger partial charge in [-0.05, 0) is 57.5 Å². The zero-order valence-corrected chi connectivity index (χ0v) is 19.3. The maximum Gasteiger partial charge on any atom is 0.326 e. The second kappa shape index (κ2) is 14.4. The van der Waals surface area contributed by atoms with Crippen molar-refractivity contribution in [1.29, 1.82) is 0 Å². The molecule has 0 aromatic heterocycles. The minimum Gasteiger partial charge on any atom is -0.481 e. The Morgan fingerprint density at radius 3 is 2.12 bits per heavy atom. The molecule has 0 aliphatic carbocycles. The van der Waals surface area contributed by atoms with Crippen LogP contribution in [-0.2, 0) is 24.0 Å². The van der Waals surface area contributed by atoms with Crippen LogP contribution in [0.15, 0.2) is 0 Å². The number of amides is 3. The lowest BCUT2D eigenvalue weighted by molar-refractivity contribution is -0.143. The maximum absolute atomic E-state index is 12.9. The molecule has 8 N–H and O–H groups in total. The molecule has 1 fully saturated rings. The molecule has 3 amide bonds. The maximum atomic E-state index is 12.9. The van der Waals surface area contributed by atoms with Crippen LogP contribution >= 0.6 is 0 Å². The molecule has 1 saturated heterocycles. The van der Waals surface area contributed by atoms with Gasteiger partial charge >= 0.3 is 11.9 Å². The second-order valence-corrected chi connectivity index (χ2v) is 8.68. The first-order chi connectivity index (χ1) is 15.5. The summed E-state index contributed by atoms with van der Waals surface area (Å²) in [6.07, 6.45) is 2.18. The average Bonchev–Trinajstić information content (AvgIpc) is 3.26. The molecule has 0 saturated carbocycles. The Labute approximate surface area is 193 Å². The van der Waals surface area contributed by atoms with E-state index in [-0.39, 0.29) is 24.7 Å². The van der Waals surface area contributed by atoms with E-state index in [4.69, 9.17) is 5.73 Å². The smallest absolute Gasteiger partial charge is 0.326 e. The third-order valence-corrected chi connectivity index (χ3v) is 5.29. The Balaban J connectivity index is 2.89. The predicted molar refractivity (Wildman–Crippen MR) is 119 cm³/mol. The third kappa shape index (κ3) is 10.6. The Kier molecular flexibility index (Phi) is 12.4. The molecule has 0 bridgehead atoms. The van der Waals surface area contributed by atoms with Gasteiger partial charge in [0.15, 0.2) is 0 Å². The van der Waals surface area contributed by atoms with Crippen molar-refractivity contribution < 1.29 is 34.2 Å². The van der Waals surface area contributed by atoms with Gasteiger partial charge in [-0.25, -0.2) is 4.79 Å².